The first-order chi connectivity index (χ1) is 16.6. The Morgan fingerprint density at radius 1 is 1.20 bits per heavy atom. The topological polar surface area (TPSA) is 134 Å². The van der Waals surface area contributed by atoms with Crippen molar-refractivity contribution in [2.75, 3.05) is 30.3 Å². The lowest BCUT2D eigenvalue weighted by molar-refractivity contribution is 0.0919. The van der Waals surface area contributed by atoms with Crippen LogP contribution in [0.15, 0.2) is 35.4 Å². The van der Waals surface area contributed by atoms with Crippen LogP contribution in [0.5, 0.6) is 0 Å². The fraction of sp³-hybridized carbons (Fsp3) is 0.542. The second-order valence-electron chi connectivity index (χ2n) is 9.58. The van der Waals surface area contributed by atoms with E-state index in [9.17, 15) is 13.2 Å². The summed E-state index contributed by atoms with van der Waals surface area (Å²) >= 11 is 0. The highest BCUT2D eigenvalue weighted by molar-refractivity contribution is 7.89. The van der Waals surface area contributed by atoms with E-state index >= 15 is 0 Å². The molecule has 0 radical (unpaired) electrons. The van der Waals surface area contributed by atoms with Gasteiger partial charge in [0.15, 0.2) is 0 Å². The maximum atomic E-state index is 12.7. The molecule has 2 aromatic rings. The third-order valence-corrected chi connectivity index (χ3v) is 6.73. The Bertz CT molecular complexity index is 1090. The zero-order valence-corrected chi connectivity index (χ0v) is 21.7. The lowest BCUT2D eigenvalue weighted by Crippen LogP contribution is -2.41. The van der Waals surface area contributed by atoms with Gasteiger partial charge in [-0.05, 0) is 64.3 Å². The molecule has 1 aromatic carbocycles. The minimum Gasteiger partial charge on any atom is -0.377 e. The zero-order valence-electron chi connectivity index (χ0n) is 20.8. The molecule has 1 amide bonds. The van der Waals surface area contributed by atoms with Crippen LogP contribution < -0.4 is 20.7 Å². The SMILES string of the molecule is CCCCNc1nc(Nc2ccc(S(=O)(=O)NCC3CCCO3)cc2)ncc1C(=O)NC(C)(C)C. The zero-order chi connectivity index (χ0) is 25.5. The molecule has 35 heavy (non-hydrogen) atoms. The highest BCUT2D eigenvalue weighted by Crippen LogP contribution is 2.21. The Labute approximate surface area is 207 Å². The quantitative estimate of drug-likeness (QED) is 0.342. The van der Waals surface area contributed by atoms with Crippen molar-refractivity contribution in [1.82, 2.24) is 20.0 Å². The number of hydrogen-bond donors (Lipinski definition) is 4. The van der Waals surface area contributed by atoms with E-state index in [4.69, 9.17) is 4.74 Å². The number of benzene rings is 1. The van der Waals surface area contributed by atoms with Crippen molar-refractivity contribution in [3.05, 3.63) is 36.0 Å². The van der Waals surface area contributed by atoms with Gasteiger partial charge in [-0.25, -0.2) is 18.1 Å². The molecule has 1 aliphatic rings. The molecule has 3 rings (SSSR count). The number of unbranched alkanes of at least 4 members (excludes halogenated alkanes) is 1. The van der Waals surface area contributed by atoms with Crippen molar-refractivity contribution in [3.8, 4) is 0 Å². The summed E-state index contributed by atoms with van der Waals surface area (Å²) in [6.45, 7) is 9.43. The molecule has 1 atom stereocenters. The van der Waals surface area contributed by atoms with Gasteiger partial charge in [0.05, 0.1) is 11.0 Å². The largest absolute Gasteiger partial charge is 0.377 e. The summed E-state index contributed by atoms with van der Waals surface area (Å²) in [4.78, 5) is 21.7. The molecule has 11 heteroatoms. The number of nitrogens with zero attached hydrogens (tertiary/aromatic N) is 2. The van der Waals surface area contributed by atoms with Gasteiger partial charge >= 0.3 is 0 Å². The van der Waals surface area contributed by atoms with Crippen molar-refractivity contribution >= 4 is 33.4 Å². The van der Waals surface area contributed by atoms with Crippen LogP contribution in [0.25, 0.3) is 0 Å². The van der Waals surface area contributed by atoms with Crippen LogP contribution in [-0.4, -0.2) is 55.6 Å². The van der Waals surface area contributed by atoms with E-state index in [2.05, 4.69) is 37.6 Å². The van der Waals surface area contributed by atoms with E-state index in [1.807, 2.05) is 20.8 Å². The minimum atomic E-state index is -3.63. The number of anilines is 3. The molecule has 0 saturated carbocycles. The van der Waals surface area contributed by atoms with Crippen molar-refractivity contribution < 1.29 is 17.9 Å². The van der Waals surface area contributed by atoms with Crippen molar-refractivity contribution in [2.45, 2.75) is 69.9 Å². The monoisotopic (exact) mass is 504 g/mol. The fourth-order valence-electron chi connectivity index (χ4n) is 3.47. The number of rotatable bonds is 11. The first kappa shape index (κ1) is 26.8. The Hall–Kier alpha value is -2.76. The third kappa shape index (κ3) is 8.15. The first-order valence-corrected chi connectivity index (χ1v) is 13.5. The number of aromatic nitrogens is 2. The number of ether oxygens (including phenoxy) is 1. The number of hydrogen-bond acceptors (Lipinski definition) is 8. The second kappa shape index (κ2) is 11.8. The minimum absolute atomic E-state index is 0.0727. The van der Waals surface area contributed by atoms with Crippen LogP contribution in [-0.2, 0) is 14.8 Å². The summed E-state index contributed by atoms with van der Waals surface area (Å²) < 4.78 is 33.2. The molecule has 0 bridgehead atoms. The van der Waals surface area contributed by atoms with Crippen LogP contribution in [0.4, 0.5) is 17.5 Å². The molecule has 1 unspecified atom stereocenters. The summed E-state index contributed by atoms with van der Waals surface area (Å²) in [6, 6.07) is 6.33. The van der Waals surface area contributed by atoms with E-state index in [-0.39, 0.29) is 23.5 Å². The van der Waals surface area contributed by atoms with Gasteiger partial charge in [-0.2, -0.15) is 4.98 Å². The molecule has 4 N–H and O–H groups in total. The highest BCUT2D eigenvalue weighted by atomic mass is 32.2. The molecule has 1 aromatic heterocycles. The van der Waals surface area contributed by atoms with Gasteiger partial charge in [-0.3, -0.25) is 4.79 Å². The van der Waals surface area contributed by atoms with Crippen molar-refractivity contribution in [1.29, 1.82) is 0 Å². The Kier molecular flexibility index (Phi) is 9.03. The van der Waals surface area contributed by atoms with Gasteiger partial charge in [0.2, 0.25) is 16.0 Å². The highest BCUT2D eigenvalue weighted by Gasteiger charge is 2.21. The van der Waals surface area contributed by atoms with Crippen LogP contribution in [0.2, 0.25) is 0 Å². The molecule has 1 saturated heterocycles. The number of amides is 1. The normalized spacial score (nSPS) is 16.2. The lowest BCUT2D eigenvalue weighted by atomic mass is 10.1. The van der Waals surface area contributed by atoms with E-state index in [0.29, 0.717) is 36.2 Å². The molecule has 0 spiro atoms. The molecule has 192 valence electrons. The number of carbonyl (C=O) groups is 1. The first-order valence-electron chi connectivity index (χ1n) is 12.0. The number of carbonyl (C=O) groups excluding carboxylic acids is 1. The van der Waals surface area contributed by atoms with E-state index in [1.165, 1.54) is 18.3 Å². The van der Waals surface area contributed by atoms with Crippen molar-refractivity contribution in [3.63, 3.8) is 0 Å². The number of nitrogens with one attached hydrogen (secondary N) is 4. The Morgan fingerprint density at radius 2 is 1.94 bits per heavy atom. The summed E-state index contributed by atoms with van der Waals surface area (Å²) in [5.41, 5.74) is 0.588. The summed E-state index contributed by atoms with van der Waals surface area (Å²) in [6.07, 6.45) is 5.16. The molecule has 0 aliphatic carbocycles. The molecule has 10 nitrogen and oxygen atoms in total. The average molecular weight is 505 g/mol. The van der Waals surface area contributed by atoms with E-state index in [1.54, 1.807) is 12.1 Å². The van der Waals surface area contributed by atoms with E-state index < -0.39 is 15.6 Å². The van der Waals surface area contributed by atoms with Gasteiger partial charge in [0, 0.05) is 37.1 Å². The van der Waals surface area contributed by atoms with E-state index in [0.717, 1.165) is 25.7 Å². The van der Waals surface area contributed by atoms with Gasteiger partial charge < -0.3 is 20.7 Å². The molecular weight excluding hydrogens is 468 g/mol. The smallest absolute Gasteiger partial charge is 0.257 e. The number of sulfonamides is 1. The average Bonchev–Trinajstić information content (AvgIpc) is 3.31. The fourth-order valence-corrected chi connectivity index (χ4v) is 4.54. The predicted octanol–water partition coefficient (Wildman–Crippen LogP) is 3.42. The Balaban J connectivity index is 1.71. The summed E-state index contributed by atoms with van der Waals surface area (Å²) in [5.74, 6) is 0.478. The van der Waals surface area contributed by atoms with Crippen LogP contribution in [0, 0.1) is 0 Å². The standard InChI is InChI=1S/C24H36N6O4S/c1-5-6-13-25-21-20(22(31)30-24(2,3)4)16-26-23(29-21)28-17-9-11-19(12-10-17)35(32,33)27-15-18-8-7-14-34-18/h9-12,16,18,27H,5-8,13-15H2,1-4H3,(H,30,31)(H2,25,26,28,29). The summed E-state index contributed by atoms with van der Waals surface area (Å²) in [5, 5.41) is 9.23. The summed E-state index contributed by atoms with van der Waals surface area (Å²) in [7, 11) is -3.63. The van der Waals surface area contributed by atoms with Crippen LogP contribution in [0.1, 0.15) is 63.7 Å². The second-order valence-corrected chi connectivity index (χ2v) is 11.3. The molecule has 2 heterocycles. The van der Waals surface area contributed by atoms with Crippen LogP contribution in [0.3, 0.4) is 0 Å². The lowest BCUT2D eigenvalue weighted by Gasteiger charge is -2.21. The predicted molar refractivity (Wildman–Crippen MR) is 137 cm³/mol. The molecule has 1 fully saturated rings. The van der Waals surface area contributed by atoms with Gasteiger partial charge in [-0.1, -0.05) is 13.3 Å². The maximum absolute atomic E-state index is 12.7. The van der Waals surface area contributed by atoms with Crippen molar-refractivity contribution in [2.24, 2.45) is 0 Å². The van der Waals surface area contributed by atoms with Crippen LogP contribution >= 0.6 is 0 Å². The molecule has 1 aliphatic heterocycles. The third-order valence-electron chi connectivity index (χ3n) is 5.29. The van der Waals surface area contributed by atoms with Gasteiger partial charge in [-0.15, -0.1) is 0 Å². The van der Waals surface area contributed by atoms with Gasteiger partial charge in [0.25, 0.3) is 5.91 Å². The maximum Gasteiger partial charge on any atom is 0.257 e. The van der Waals surface area contributed by atoms with Gasteiger partial charge in [0.1, 0.15) is 11.4 Å². The Morgan fingerprint density at radius 3 is 2.57 bits per heavy atom. The molecular formula is C24H36N6O4S.